The van der Waals surface area contributed by atoms with Crippen molar-refractivity contribution >= 4 is 17.4 Å². The zero-order chi connectivity index (χ0) is 16.4. The molecule has 120 valence electrons. The van der Waals surface area contributed by atoms with Crippen LogP contribution in [0.25, 0.3) is 5.65 Å². The number of imidazole rings is 1. The maximum atomic E-state index is 4.59. The van der Waals surface area contributed by atoms with E-state index in [1.807, 2.05) is 30.6 Å². The van der Waals surface area contributed by atoms with Gasteiger partial charge in [0.1, 0.15) is 5.82 Å². The Morgan fingerprint density at radius 1 is 1.17 bits per heavy atom. The van der Waals surface area contributed by atoms with E-state index in [1.165, 1.54) is 11.1 Å². The summed E-state index contributed by atoms with van der Waals surface area (Å²) in [5.41, 5.74) is 3.36. The van der Waals surface area contributed by atoms with Gasteiger partial charge in [-0.1, -0.05) is 49.0 Å². The van der Waals surface area contributed by atoms with Crippen molar-refractivity contribution < 1.29 is 0 Å². The second-order valence-corrected chi connectivity index (χ2v) is 6.54. The highest BCUT2D eigenvalue weighted by Crippen LogP contribution is 2.37. The number of hydrogen-bond acceptors (Lipinski definition) is 4. The Hall–Kier alpha value is -2.60. The van der Waals surface area contributed by atoms with Crippen LogP contribution in [0, 0.1) is 0 Å². The van der Waals surface area contributed by atoms with Gasteiger partial charge >= 0.3 is 0 Å². The molecule has 4 aromatic rings. The van der Waals surface area contributed by atoms with E-state index in [-0.39, 0.29) is 5.25 Å². The molecule has 0 radical (unpaired) electrons. The number of thioether (sulfide) groups is 1. The zero-order valence-corrected chi connectivity index (χ0v) is 14.1. The van der Waals surface area contributed by atoms with Gasteiger partial charge in [-0.25, -0.2) is 14.5 Å². The summed E-state index contributed by atoms with van der Waals surface area (Å²) in [5, 5.41) is 5.32. The van der Waals surface area contributed by atoms with E-state index in [2.05, 4.69) is 51.2 Å². The molecule has 0 fully saturated rings. The summed E-state index contributed by atoms with van der Waals surface area (Å²) in [4.78, 5) is 12.3. The fraction of sp³-hybridized carbons (Fsp3) is 0.167. The van der Waals surface area contributed by atoms with Crippen LogP contribution in [0.5, 0.6) is 0 Å². The number of aromatic amines is 1. The van der Waals surface area contributed by atoms with Crippen LogP contribution in [-0.2, 0) is 6.42 Å². The van der Waals surface area contributed by atoms with Gasteiger partial charge < -0.3 is 4.98 Å². The molecule has 6 heteroatoms. The third-order valence-corrected chi connectivity index (χ3v) is 5.02. The Labute approximate surface area is 144 Å². The molecule has 0 saturated carbocycles. The van der Waals surface area contributed by atoms with Crippen LogP contribution in [0.4, 0.5) is 0 Å². The molecule has 5 nitrogen and oxygen atoms in total. The molecule has 1 atom stereocenters. The molecule has 24 heavy (non-hydrogen) atoms. The van der Waals surface area contributed by atoms with E-state index in [9.17, 15) is 0 Å². The van der Waals surface area contributed by atoms with Gasteiger partial charge in [-0.2, -0.15) is 0 Å². The number of nitrogens with zero attached hydrogens (tertiary/aromatic N) is 4. The number of aromatic nitrogens is 5. The van der Waals surface area contributed by atoms with Gasteiger partial charge in [0.25, 0.3) is 0 Å². The van der Waals surface area contributed by atoms with E-state index in [0.29, 0.717) is 0 Å². The first-order chi connectivity index (χ1) is 11.8. The lowest BCUT2D eigenvalue weighted by Gasteiger charge is -2.13. The van der Waals surface area contributed by atoms with Crippen molar-refractivity contribution in [1.29, 1.82) is 0 Å². The summed E-state index contributed by atoms with van der Waals surface area (Å²) in [6.07, 6.45) is 6.57. The molecule has 0 aliphatic carbocycles. The lowest BCUT2D eigenvalue weighted by atomic mass is 10.1. The monoisotopic (exact) mass is 335 g/mol. The molecule has 0 aliphatic rings. The fourth-order valence-electron chi connectivity index (χ4n) is 2.60. The van der Waals surface area contributed by atoms with Crippen molar-refractivity contribution in [1.82, 2.24) is 24.6 Å². The molecule has 3 heterocycles. The molecule has 1 unspecified atom stereocenters. The van der Waals surface area contributed by atoms with Crippen molar-refractivity contribution in [3.63, 3.8) is 0 Å². The highest BCUT2D eigenvalue weighted by molar-refractivity contribution is 7.99. The van der Waals surface area contributed by atoms with Crippen LogP contribution in [0.15, 0.2) is 66.2 Å². The summed E-state index contributed by atoms with van der Waals surface area (Å²) in [6.45, 7) is 2.16. The number of hydrogen-bond donors (Lipinski definition) is 1. The Bertz CT molecular complexity index is 895. The van der Waals surface area contributed by atoms with Crippen LogP contribution in [-0.4, -0.2) is 24.6 Å². The molecule has 0 bridgehead atoms. The van der Waals surface area contributed by atoms with E-state index >= 15 is 0 Å². The predicted octanol–water partition coefficient (Wildman–Crippen LogP) is 3.90. The van der Waals surface area contributed by atoms with Crippen molar-refractivity contribution in [2.75, 3.05) is 0 Å². The molecule has 1 aromatic carbocycles. The summed E-state index contributed by atoms with van der Waals surface area (Å²) in [7, 11) is 0. The van der Waals surface area contributed by atoms with E-state index in [1.54, 1.807) is 22.5 Å². The lowest BCUT2D eigenvalue weighted by molar-refractivity contribution is 0.880. The molecule has 0 saturated heterocycles. The van der Waals surface area contributed by atoms with Crippen LogP contribution in [0.3, 0.4) is 0 Å². The Balaban J connectivity index is 1.69. The third-order valence-electron chi connectivity index (χ3n) is 3.90. The Kier molecular flexibility index (Phi) is 4.04. The van der Waals surface area contributed by atoms with Crippen molar-refractivity contribution in [2.45, 2.75) is 23.8 Å². The zero-order valence-electron chi connectivity index (χ0n) is 13.3. The topological polar surface area (TPSA) is 58.9 Å². The summed E-state index contributed by atoms with van der Waals surface area (Å²) in [6, 6.07) is 14.5. The smallest absolute Gasteiger partial charge is 0.210 e. The van der Waals surface area contributed by atoms with Crippen LogP contribution < -0.4 is 0 Å². The maximum Gasteiger partial charge on any atom is 0.210 e. The minimum absolute atomic E-state index is 0.0309. The lowest BCUT2D eigenvalue weighted by Crippen LogP contribution is -2.00. The molecule has 3 aromatic heterocycles. The van der Waals surface area contributed by atoms with Crippen molar-refractivity contribution in [3.8, 4) is 0 Å². The molecular weight excluding hydrogens is 318 g/mol. The molecule has 1 N–H and O–H groups in total. The van der Waals surface area contributed by atoms with Crippen LogP contribution in [0.1, 0.15) is 29.1 Å². The minimum atomic E-state index is 0.0309. The fourth-order valence-corrected chi connectivity index (χ4v) is 3.62. The average Bonchev–Trinajstić information content (AvgIpc) is 3.29. The first-order valence-electron chi connectivity index (χ1n) is 7.89. The normalized spacial score (nSPS) is 12.5. The summed E-state index contributed by atoms with van der Waals surface area (Å²) in [5.74, 6) is 0.906. The first kappa shape index (κ1) is 15.0. The van der Waals surface area contributed by atoms with E-state index in [0.717, 1.165) is 23.0 Å². The maximum absolute atomic E-state index is 4.59. The van der Waals surface area contributed by atoms with E-state index in [4.69, 9.17) is 0 Å². The van der Waals surface area contributed by atoms with Gasteiger partial charge in [-0.05, 0) is 29.7 Å². The standard InChI is InChI=1S/C18H17N5S/c1-2-13-6-8-14(9-7-13)16(17-19-10-11-20-17)24-18-21-15-5-3-4-12-23(15)22-18/h3-12,16H,2H2,1H3,(H,19,20). The van der Waals surface area contributed by atoms with Gasteiger partial charge in [0, 0.05) is 18.6 Å². The molecule has 0 spiro atoms. The van der Waals surface area contributed by atoms with Crippen molar-refractivity contribution in [2.24, 2.45) is 0 Å². The number of fused-ring (bicyclic) bond motifs is 1. The summed E-state index contributed by atoms with van der Waals surface area (Å²) >= 11 is 1.60. The van der Waals surface area contributed by atoms with Gasteiger partial charge in [-0.15, -0.1) is 5.10 Å². The second kappa shape index (κ2) is 6.49. The minimum Gasteiger partial charge on any atom is -0.347 e. The number of benzene rings is 1. The molecular formula is C18H17N5S. The number of aryl methyl sites for hydroxylation is 1. The number of pyridine rings is 1. The second-order valence-electron chi connectivity index (χ2n) is 5.47. The first-order valence-corrected chi connectivity index (χ1v) is 8.77. The SMILES string of the molecule is CCc1ccc(C(Sc2nc3ccccn3n2)c2ncc[nH]2)cc1. The highest BCUT2D eigenvalue weighted by atomic mass is 32.2. The van der Waals surface area contributed by atoms with Crippen LogP contribution in [0.2, 0.25) is 0 Å². The average molecular weight is 335 g/mol. The number of H-pyrrole nitrogens is 1. The number of nitrogens with one attached hydrogen (secondary N) is 1. The van der Waals surface area contributed by atoms with Gasteiger partial charge in [0.15, 0.2) is 5.65 Å². The quantitative estimate of drug-likeness (QED) is 0.562. The predicted molar refractivity (Wildman–Crippen MR) is 95.1 cm³/mol. The molecule has 0 aliphatic heterocycles. The molecule has 0 amide bonds. The van der Waals surface area contributed by atoms with Gasteiger partial charge in [-0.3, -0.25) is 0 Å². The third kappa shape index (κ3) is 2.92. The number of rotatable bonds is 5. The highest BCUT2D eigenvalue weighted by Gasteiger charge is 2.20. The Morgan fingerprint density at radius 2 is 2.04 bits per heavy atom. The Morgan fingerprint density at radius 3 is 2.75 bits per heavy atom. The van der Waals surface area contributed by atoms with Gasteiger partial charge in [0.05, 0.1) is 5.25 Å². The molecule has 4 rings (SSSR count). The van der Waals surface area contributed by atoms with Crippen LogP contribution >= 0.6 is 11.8 Å². The van der Waals surface area contributed by atoms with Gasteiger partial charge in [0.2, 0.25) is 5.16 Å². The van der Waals surface area contributed by atoms with Crippen molar-refractivity contribution in [3.05, 3.63) is 78.0 Å². The summed E-state index contributed by atoms with van der Waals surface area (Å²) < 4.78 is 1.79. The largest absolute Gasteiger partial charge is 0.347 e. The van der Waals surface area contributed by atoms with E-state index < -0.39 is 0 Å².